The molecule has 1 aliphatic rings. The van der Waals surface area contributed by atoms with Gasteiger partial charge in [-0.3, -0.25) is 14.5 Å². The van der Waals surface area contributed by atoms with Crippen LogP contribution >= 0.6 is 0 Å². The zero-order chi connectivity index (χ0) is 14.6. The molecule has 19 heavy (non-hydrogen) atoms. The van der Waals surface area contributed by atoms with E-state index in [1.165, 1.54) is 0 Å². The molecular formula is C14H25NO4. The van der Waals surface area contributed by atoms with Crippen molar-refractivity contribution in [3.8, 4) is 0 Å². The Morgan fingerprint density at radius 3 is 2.47 bits per heavy atom. The maximum absolute atomic E-state index is 12.1. The molecule has 0 radical (unpaired) electrons. The van der Waals surface area contributed by atoms with Crippen LogP contribution in [0.5, 0.6) is 0 Å². The van der Waals surface area contributed by atoms with Crippen molar-refractivity contribution >= 4 is 11.9 Å². The number of carbonyl (C=O) groups is 2. The number of hydrogen-bond acceptors (Lipinski definition) is 4. The molecule has 0 aliphatic carbocycles. The first-order valence-electron chi connectivity index (χ1n) is 6.94. The number of likely N-dealkylation sites (tertiary alicyclic amines) is 1. The molecule has 1 N–H and O–H groups in total. The summed E-state index contributed by atoms with van der Waals surface area (Å²) in [6.45, 7) is 8.75. The fraction of sp³-hybridized carbons (Fsp3) is 0.857. The second-order valence-electron chi connectivity index (χ2n) is 6.17. The lowest BCUT2D eigenvalue weighted by atomic mass is 10.1. The molecule has 0 aromatic carbocycles. The maximum Gasteiger partial charge on any atom is 0.323 e. The summed E-state index contributed by atoms with van der Waals surface area (Å²) in [5, 5.41) is 9.11. The molecule has 0 saturated carbocycles. The van der Waals surface area contributed by atoms with Crippen LogP contribution in [-0.4, -0.2) is 46.7 Å². The smallest absolute Gasteiger partial charge is 0.323 e. The summed E-state index contributed by atoms with van der Waals surface area (Å²) in [6.07, 6.45) is 2.34. The molecule has 0 aromatic rings. The average molecular weight is 271 g/mol. The molecule has 1 saturated heterocycles. The first-order valence-corrected chi connectivity index (χ1v) is 6.94. The fourth-order valence-electron chi connectivity index (χ4n) is 2.31. The van der Waals surface area contributed by atoms with Crippen molar-refractivity contribution in [2.24, 2.45) is 5.92 Å². The lowest BCUT2D eigenvalue weighted by Gasteiger charge is -2.27. The Balaban J connectivity index is 2.70. The van der Waals surface area contributed by atoms with Crippen molar-refractivity contribution in [3.05, 3.63) is 0 Å². The molecular weight excluding hydrogens is 246 g/mol. The van der Waals surface area contributed by atoms with Gasteiger partial charge in [0.25, 0.3) is 0 Å². The number of ether oxygens (including phenoxy) is 1. The van der Waals surface area contributed by atoms with Crippen LogP contribution in [0.2, 0.25) is 0 Å². The van der Waals surface area contributed by atoms with E-state index >= 15 is 0 Å². The normalized spacial score (nSPS) is 24.4. The van der Waals surface area contributed by atoms with Crippen molar-refractivity contribution in [1.29, 1.82) is 0 Å². The van der Waals surface area contributed by atoms with Crippen LogP contribution in [0.1, 0.15) is 47.0 Å². The first-order chi connectivity index (χ1) is 8.74. The van der Waals surface area contributed by atoms with Crippen LogP contribution in [-0.2, 0) is 14.3 Å². The molecule has 2 atom stereocenters. The highest BCUT2D eigenvalue weighted by Crippen LogP contribution is 2.26. The summed E-state index contributed by atoms with van der Waals surface area (Å²) < 4.78 is 5.39. The molecule has 1 aliphatic heterocycles. The second kappa shape index (κ2) is 6.37. The predicted octanol–water partition coefficient (Wildman–Crippen LogP) is 1.90. The van der Waals surface area contributed by atoms with Crippen molar-refractivity contribution in [2.45, 2.75) is 58.6 Å². The number of carbonyl (C=O) groups excluding carboxylic acids is 1. The Kier molecular flexibility index (Phi) is 5.35. The number of hydrogen-bond donors (Lipinski definition) is 1. The summed E-state index contributed by atoms with van der Waals surface area (Å²) in [7, 11) is 0. The minimum absolute atomic E-state index is 0.299. The molecule has 0 aromatic heterocycles. The largest absolute Gasteiger partial charge is 0.481 e. The van der Waals surface area contributed by atoms with Crippen LogP contribution in [0.15, 0.2) is 0 Å². The van der Waals surface area contributed by atoms with E-state index in [0.29, 0.717) is 13.0 Å². The number of carboxylic acids is 1. The van der Waals surface area contributed by atoms with E-state index in [9.17, 15) is 9.59 Å². The van der Waals surface area contributed by atoms with Crippen LogP contribution in [0.25, 0.3) is 0 Å². The van der Waals surface area contributed by atoms with E-state index in [4.69, 9.17) is 9.84 Å². The van der Waals surface area contributed by atoms with Gasteiger partial charge in [-0.15, -0.1) is 0 Å². The summed E-state index contributed by atoms with van der Waals surface area (Å²) in [6, 6.07) is -0.410. The molecule has 0 amide bonds. The van der Waals surface area contributed by atoms with Gasteiger partial charge in [-0.05, 0) is 40.2 Å². The molecule has 1 rings (SSSR count). The van der Waals surface area contributed by atoms with Gasteiger partial charge in [0.1, 0.15) is 11.6 Å². The SMILES string of the molecule is CCCCN1CC(C(=O)O)CC1C(=O)OC(C)(C)C. The van der Waals surface area contributed by atoms with Crippen LogP contribution < -0.4 is 0 Å². The molecule has 0 spiro atoms. The number of rotatable bonds is 5. The van der Waals surface area contributed by atoms with Gasteiger partial charge in [-0.1, -0.05) is 13.3 Å². The van der Waals surface area contributed by atoms with E-state index in [1.54, 1.807) is 0 Å². The standard InChI is InChI=1S/C14H25NO4/c1-5-6-7-15-9-10(12(16)17)8-11(15)13(18)19-14(2,3)4/h10-11H,5-9H2,1-4H3,(H,16,17). The summed E-state index contributed by atoms with van der Waals surface area (Å²) in [5.74, 6) is -1.59. The fourth-order valence-corrected chi connectivity index (χ4v) is 2.31. The Bertz CT molecular complexity index is 335. The lowest BCUT2D eigenvalue weighted by Crippen LogP contribution is -2.40. The van der Waals surface area contributed by atoms with Gasteiger partial charge in [-0.2, -0.15) is 0 Å². The highest BCUT2D eigenvalue weighted by molar-refractivity contribution is 5.79. The van der Waals surface area contributed by atoms with E-state index in [0.717, 1.165) is 19.4 Å². The minimum Gasteiger partial charge on any atom is -0.481 e. The first kappa shape index (κ1) is 16.0. The third kappa shape index (κ3) is 4.82. The quantitative estimate of drug-likeness (QED) is 0.774. The highest BCUT2D eigenvalue weighted by atomic mass is 16.6. The van der Waals surface area contributed by atoms with Crippen molar-refractivity contribution < 1.29 is 19.4 Å². The van der Waals surface area contributed by atoms with Gasteiger partial charge in [-0.25, -0.2) is 0 Å². The monoisotopic (exact) mass is 271 g/mol. The summed E-state index contributed by atoms with van der Waals surface area (Å²) in [5.41, 5.74) is -0.533. The lowest BCUT2D eigenvalue weighted by molar-refractivity contribution is -0.160. The van der Waals surface area contributed by atoms with Crippen LogP contribution in [0.4, 0.5) is 0 Å². The van der Waals surface area contributed by atoms with Gasteiger partial charge in [0.2, 0.25) is 0 Å². The zero-order valence-corrected chi connectivity index (χ0v) is 12.3. The van der Waals surface area contributed by atoms with Crippen molar-refractivity contribution in [2.75, 3.05) is 13.1 Å². The molecule has 5 nitrogen and oxygen atoms in total. The van der Waals surface area contributed by atoms with Gasteiger partial charge in [0.15, 0.2) is 0 Å². The number of unbranched alkanes of at least 4 members (excludes halogenated alkanes) is 1. The van der Waals surface area contributed by atoms with Gasteiger partial charge in [0.05, 0.1) is 5.92 Å². The number of esters is 1. The second-order valence-corrected chi connectivity index (χ2v) is 6.17. The van der Waals surface area contributed by atoms with Crippen LogP contribution in [0.3, 0.4) is 0 Å². The Labute approximate surface area is 114 Å². The molecule has 2 unspecified atom stereocenters. The zero-order valence-electron chi connectivity index (χ0n) is 12.3. The van der Waals surface area contributed by atoms with Gasteiger partial charge in [0, 0.05) is 6.54 Å². The summed E-state index contributed by atoms with van der Waals surface area (Å²) >= 11 is 0. The molecule has 5 heteroatoms. The Hall–Kier alpha value is -1.10. The van der Waals surface area contributed by atoms with E-state index in [1.807, 2.05) is 25.7 Å². The van der Waals surface area contributed by atoms with Gasteiger partial charge >= 0.3 is 11.9 Å². The van der Waals surface area contributed by atoms with Crippen molar-refractivity contribution in [1.82, 2.24) is 4.90 Å². The number of nitrogens with zero attached hydrogens (tertiary/aromatic N) is 1. The van der Waals surface area contributed by atoms with Crippen LogP contribution in [0, 0.1) is 5.92 Å². The van der Waals surface area contributed by atoms with E-state index in [-0.39, 0.29) is 5.97 Å². The predicted molar refractivity (Wildman–Crippen MR) is 71.9 cm³/mol. The summed E-state index contributed by atoms with van der Waals surface area (Å²) in [4.78, 5) is 25.2. The van der Waals surface area contributed by atoms with Gasteiger partial charge < -0.3 is 9.84 Å². The maximum atomic E-state index is 12.1. The number of aliphatic carboxylic acids is 1. The van der Waals surface area contributed by atoms with E-state index < -0.39 is 23.5 Å². The van der Waals surface area contributed by atoms with Crippen molar-refractivity contribution in [3.63, 3.8) is 0 Å². The third-order valence-electron chi connectivity index (χ3n) is 3.23. The topological polar surface area (TPSA) is 66.8 Å². The molecule has 110 valence electrons. The Morgan fingerprint density at radius 1 is 1.37 bits per heavy atom. The Morgan fingerprint density at radius 2 is 2.00 bits per heavy atom. The minimum atomic E-state index is -0.826. The average Bonchev–Trinajstić information content (AvgIpc) is 2.68. The highest BCUT2D eigenvalue weighted by Gasteiger charge is 2.41. The number of carboxylic acid groups (broad SMARTS) is 1. The molecule has 0 bridgehead atoms. The molecule has 1 heterocycles. The van der Waals surface area contributed by atoms with E-state index in [2.05, 4.69) is 6.92 Å². The molecule has 1 fully saturated rings. The third-order valence-corrected chi connectivity index (χ3v) is 3.23.